The molecule has 1 rings (SSSR count). The Bertz CT molecular complexity index is 383. The van der Waals surface area contributed by atoms with Gasteiger partial charge in [-0.2, -0.15) is 12.6 Å². The van der Waals surface area contributed by atoms with Crippen molar-refractivity contribution in [1.82, 2.24) is 16.2 Å². The molecule has 9 N–H and O–H groups in total. The highest BCUT2D eigenvalue weighted by Crippen LogP contribution is 2.17. The van der Waals surface area contributed by atoms with Crippen LogP contribution in [-0.2, 0) is 14.4 Å². The van der Waals surface area contributed by atoms with Crippen LogP contribution >= 0.6 is 24.4 Å². The zero-order valence-corrected chi connectivity index (χ0v) is 15.1. The van der Waals surface area contributed by atoms with Crippen molar-refractivity contribution in [3.8, 4) is 0 Å². The van der Waals surface area contributed by atoms with Crippen LogP contribution < -0.4 is 33.6 Å². The van der Waals surface area contributed by atoms with Gasteiger partial charge in [0, 0.05) is 18.6 Å². The molecule has 0 radical (unpaired) electrons. The quantitative estimate of drug-likeness (QED) is 0.129. The summed E-state index contributed by atoms with van der Waals surface area (Å²) in [5, 5.41) is 2.84. The van der Waals surface area contributed by atoms with Crippen molar-refractivity contribution >= 4 is 47.2 Å². The van der Waals surface area contributed by atoms with Gasteiger partial charge in [-0.3, -0.25) is 25.2 Å². The van der Waals surface area contributed by atoms with Crippen molar-refractivity contribution in [2.45, 2.75) is 33.1 Å². The third-order valence-corrected chi connectivity index (χ3v) is 3.66. The molecule has 0 aromatic heterocycles. The van der Waals surface area contributed by atoms with Gasteiger partial charge in [0.05, 0.1) is 13.1 Å². The first kappa shape index (κ1) is 28.5. The number of hydrogen-bond donors (Lipinski definition) is 7. The number of carbonyl (C=O) groups is 4. The van der Waals surface area contributed by atoms with E-state index in [9.17, 15) is 19.2 Å². The molecule has 148 valence electrons. The van der Waals surface area contributed by atoms with Crippen molar-refractivity contribution in [2.24, 2.45) is 17.4 Å². The largest absolute Gasteiger partial charge is 0.349 e. The fourth-order valence-corrected chi connectivity index (χ4v) is 2.08. The van der Waals surface area contributed by atoms with Crippen molar-refractivity contribution in [3.63, 3.8) is 0 Å². The van der Waals surface area contributed by atoms with E-state index in [-0.39, 0.29) is 32.2 Å². The number of thiol groups is 1. The molecule has 0 bridgehead atoms. The predicted octanol–water partition coefficient (Wildman–Crippen LogP) is -0.950. The second kappa shape index (κ2) is 20.7. The minimum absolute atomic E-state index is 0. The number of thioether (sulfide) groups is 1. The summed E-state index contributed by atoms with van der Waals surface area (Å²) < 4.78 is 0. The zero-order chi connectivity index (χ0) is 18.8. The third-order valence-electron chi connectivity index (χ3n) is 2.32. The molecule has 0 saturated carbocycles. The summed E-state index contributed by atoms with van der Waals surface area (Å²) in [6.07, 6.45) is 3.06. The summed E-state index contributed by atoms with van der Waals surface area (Å²) in [6, 6.07) is -0.602. The maximum absolute atomic E-state index is 10.9. The molecule has 1 heterocycles. The number of hydrazine groups is 2. The van der Waals surface area contributed by atoms with Crippen LogP contribution in [-0.4, -0.2) is 47.4 Å². The zero-order valence-electron chi connectivity index (χ0n) is 13.4. The molecule has 1 fully saturated rings. The van der Waals surface area contributed by atoms with Crippen LogP contribution in [0.3, 0.4) is 0 Å². The molecule has 0 aliphatic carbocycles. The lowest BCUT2D eigenvalue weighted by Gasteiger charge is -2.01. The molecule has 10 nitrogen and oxygen atoms in total. The average molecular weight is 399 g/mol. The van der Waals surface area contributed by atoms with Gasteiger partial charge in [-0.05, 0) is 18.6 Å². The van der Waals surface area contributed by atoms with Crippen LogP contribution in [0, 0.1) is 0 Å². The van der Waals surface area contributed by atoms with Crippen LogP contribution in [0.4, 0.5) is 4.79 Å². The topological polar surface area (TPSA) is 182 Å². The highest BCUT2D eigenvalue weighted by Gasteiger charge is 2.08. The van der Waals surface area contributed by atoms with E-state index in [1.54, 1.807) is 10.9 Å². The predicted molar refractivity (Wildman–Crippen MR) is 104 cm³/mol. The van der Waals surface area contributed by atoms with Gasteiger partial charge in [0.1, 0.15) is 0 Å². The van der Waals surface area contributed by atoms with Gasteiger partial charge < -0.3 is 11.1 Å². The molecule has 0 aromatic carbocycles. The van der Waals surface area contributed by atoms with E-state index in [1.807, 2.05) is 0 Å². The summed E-state index contributed by atoms with van der Waals surface area (Å²) in [6.45, 7) is 0.0226. The molecule has 0 spiro atoms. The van der Waals surface area contributed by atoms with Gasteiger partial charge in [-0.15, -0.1) is 0 Å². The normalized spacial score (nSPS) is 11.6. The van der Waals surface area contributed by atoms with Crippen molar-refractivity contribution in [1.29, 1.82) is 0 Å². The summed E-state index contributed by atoms with van der Waals surface area (Å²) in [4.78, 5) is 41.4. The smallest absolute Gasteiger partial charge is 0.343 e. The fourth-order valence-electron chi connectivity index (χ4n) is 1.11. The van der Waals surface area contributed by atoms with Gasteiger partial charge in [0.2, 0.25) is 5.91 Å². The van der Waals surface area contributed by atoms with E-state index < -0.39 is 6.03 Å². The highest BCUT2D eigenvalue weighted by molar-refractivity contribution is 8.14. The minimum atomic E-state index is -0.602. The van der Waals surface area contributed by atoms with Gasteiger partial charge in [-0.1, -0.05) is 19.2 Å². The second-order valence-electron chi connectivity index (χ2n) is 4.29. The molecule has 1 aliphatic rings. The molecule has 25 heavy (non-hydrogen) atoms. The average Bonchev–Trinajstić information content (AvgIpc) is 3.08. The number of ketones is 1. The molecule has 0 aromatic rings. The SMILES string of the molecule is C.NCC(=O)CNC(=O)CCCS.NNC(=O)NN.O=C1CCCS1. The molecular weight excluding hydrogens is 368 g/mol. The molecule has 3 amide bonds. The lowest BCUT2D eigenvalue weighted by Crippen LogP contribution is -2.43. The first-order chi connectivity index (χ1) is 11.4. The van der Waals surface area contributed by atoms with Gasteiger partial charge >= 0.3 is 6.03 Å². The summed E-state index contributed by atoms with van der Waals surface area (Å²) in [5.74, 6) is 10.5. The number of Topliss-reactive ketones (excluding diaryl/α,β-unsaturated/α-hetero) is 1. The van der Waals surface area contributed by atoms with Crippen LogP contribution in [0.5, 0.6) is 0 Å². The Morgan fingerprint density at radius 2 is 1.80 bits per heavy atom. The second-order valence-corrected chi connectivity index (χ2v) is 5.89. The minimum Gasteiger partial charge on any atom is -0.349 e. The van der Waals surface area contributed by atoms with Crippen molar-refractivity contribution in [2.75, 3.05) is 24.6 Å². The van der Waals surface area contributed by atoms with Gasteiger partial charge in [-0.25, -0.2) is 16.5 Å². The molecule has 0 atom stereocenters. The number of rotatable bonds is 6. The number of hydrogen-bond acceptors (Lipinski definition) is 9. The number of amides is 3. The first-order valence-electron chi connectivity index (χ1n) is 7.13. The third kappa shape index (κ3) is 22.7. The van der Waals surface area contributed by atoms with Crippen molar-refractivity contribution in [3.05, 3.63) is 0 Å². The highest BCUT2D eigenvalue weighted by atomic mass is 32.2. The van der Waals surface area contributed by atoms with Crippen LogP contribution in [0.1, 0.15) is 33.1 Å². The Labute approximate surface area is 158 Å². The van der Waals surface area contributed by atoms with Gasteiger partial charge in [0.25, 0.3) is 0 Å². The maximum Gasteiger partial charge on any atom is 0.343 e. The van der Waals surface area contributed by atoms with Crippen LogP contribution in [0.25, 0.3) is 0 Å². The Hall–Kier alpha value is -1.34. The molecule has 1 aliphatic heterocycles. The fraction of sp³-hybridized carbons (Fsp3) is 0.692. The lowest BCUT2D eigenvalue weighted by molar-refractivity contribution is -0.124. The molecule has 1 saturated heterocycles. The Morgan fingerprint density at radius 1 is 1.20 bits per heavy atom. The van der Waals surface area contributed by atoms with Crippen LogP contribution in [0.2, 0.25) is 0 Å². The number of urea groups is 1. The van der Waals surface area contributed by atoms with E-state index in [0.717, 1.165) is 25.0 Å². The van der Waals surface area contributed by atoms with Crippen molar-refractivity contribution < 1.29 is 19.2 Å². The van der Waals surface area contributed by atoms with E-state index in [0.29, 0.717) is 17.3 Å². The molecular formula is C13H30N6O4S2. The van der Waals surface area contributed by atoms with E-state index in [4.69, 9.17) is 5.73 Å². The number of carbonyl (C=O) groups excluding carboxylic acids is 4. The van der Waals surface area contributed by atoms with E-state index >= 15 is 0 Å². The maximum atomic E-state index is 10.9. The monoisotopic (exact) mass is 398 g/mol. The number of nitrogens with two attached hydrogens (primary N) is 3. The summed E-state index contributed by atoms with van der Waals surface area (Å²) in [5.41, 5.74) is 8.52. The Kier molecular flexibility index (Phi) is 23.6. The Balaban J connectivity index is -0.000000314. The lowest BCUT2D eigenvalue weighted by atomic mass is 10.3. The summed E-state index contributed by atoms with van der Waals surface area (Å²) >= 11 is 5.41. The number of nitrogens with one attached hydrogen (secondary N) is 3. The standard InChI is InChI=1S/C7H14N2O2S.C4H6OS.CH6N4O.CH4/c8-4-6(10)5-9-7(11)2-1-3-12;5-4-2-1-3-6-4;2-4-1(6)5-3;/h12H,1-5,8H2,(H,9,11);1-3H2;2-3H2,(H2,4,5,6);1H4. The molecule has 0 unspecified atom stereocenters. The van der Waals surface area contributed by atoms with Crippen LogP contribution in [0.15, 0.2) is 0 Å². The van der Waals surface area contributed by atoms with E-state index in [1.165, 1.54) is 11.8 Å². The Morgan fingerprint density at radius 3 is 2.08 bits per heavy atom. The first-order valence-corrected chi connectivity index (χ1v) is 8.75. The molecule has 12 heteroatoms. The van der Waals surface area contributed by atoms with Gasteiger partial charge in [0.15, 0.2) is 10.9 Å². The van der Waals surface area contributed by atoms with E-state index in [2.05, 4.69) is 29.6 Å². The summed E-state index contributed by atoms with van der Waals surface area (Å²) in [7, 11) is 0.